The first-order valence-corrected chi connectivity index (χ1v) is 42.1. The van der Waals surface area contributed by atoms with Gasteiger partial charge in [0, 0.05) is 52.7 Å². The number of aliphatic hydroxyl groups is 5. The lowest BCUT2D eigenvalue weighted by Crippen LogP contribution is -2.65. The number of aryl methyl sites for hydroxylation is 1. The van der Waals surface area contributed by atoms with E-state index in [1.165, 1.54) is 26.1 Å². The zero-order valence-corrected chi connectivity index (χ0v) is 72.7. The minimum Gasteiger partial charge on any atom is -0.508 e. The molecule has 35 nitrogen and oxygen atoms in total. The summed E-state index contributed by atoms with van der Waals surface area (Å²) in [6, 6.07) is 9.74. The van der Waals surface area contributed by atoms with Crippen LogP contribution in [-0.4, -0.2) is 201 Å². The van der Waals surface area contributed by atoms with Crippen molar-refractivity contribution in [1.82, 2.24) is 42.1 Å². The Morgan fingerprint density at radius 3 is 2.05 bits per heavy atom. The molecular formula is C85H90Cl4IN9O26. The molecule has 7 heterocycles. The number of hydrogen-bond acceptors (Lipinski definition) is 26. The van der Waals surface area contributed by atoms with Crippen LogP contribution in [0, 0.1) is 12.8 Å². The highest BCUT2D eigenvalue weighted by atomic mass is 127. The third kappa shape index (κ3) is 21.1. The van der Waals surface area contributed by atoms with Gasteiger partial charge in [-0.05, 0) is 151 Å². The number of aliphatic hydroxyl groups excluding tert-OH is 5. The van der Waals surface area contributed by atoms with E-state index in [-0.39, 0.29) is 76.0 Å². The number of nitrogens with two attached hydrogens (primary N) is 1. The lowest BCUT2D eigenvalue weighted by atomic mass is 9.84. The largest absolute Gasteiger partial charge is 0.508 e. The van der Waals surface area contributed by atoms with Crippen LogP contribution in [0.1, 0.15) is 122 Å². The molecule has 666 valence electrons. The molecule has 7 aromatic carbocycles. The molecule has 11 bridgehead atoms. The van der Waals surface area contributed by atoms with Gasteiger partial charge >= 0.3 is 12.1 Å². The van der Waals surface area contributed by atoms with Crippen LogP contribution in [0.3, 0.4) is 0 Å². The molecule has 7 aliphatic rings. The average Bonchev–Trinajstić information content (AvgIpc) is 0.768. The number of carbonyl (C=O) groups excluding carboxylic acids is 8. The second-order valence-corrected chi connectivity index (χ2v) is 33.8. The standard InChI is InChI=1S/C85H90Cl4IN9O26/c1-8-19-118-84(117)99(7)53(20-35(2)3)77(110)97-67-69(105)43-21-36(4)72(51(89)25-43)122-58-27-42-26-57(73(58)125-83-74(71(107)70(106)59(32-90)123-83)124-61-31-85(6,75(108)37(5)120-61)92-33-38-9-14-45(15-10-38)119-34-39-11-16-48(86)49(87)22-39)121-56-18-13-41(24-50(56)88)68(104)66-81(114)96-65(82(115)116)47-28-44(100)29-55(102)62(47)46-23-40(12-17-54(46)101)63(78(111)98-66)95-79(112)64(42)94-76(109)52(30-60(91)103)93-80(67)113/h8-18,21-29,35,37,52-53,59,61,63-71,74-75,83,92,100-102,104-108H,1,19-20,30-34H2,2-7H3,(H2,91,103)(H,93,113)(H,94,109)(H,95,112)(H,96,114)(H,97,110)(H,98,111)(H,115,116)/t37?,52-,53+,59?,61?,63+,64+,65+,66-,67+,68+,69+,70?,71?,74?,75?,83?,85?/m0/s1. The highest BCUT2D eigenvalue weighted by Gasteiger charge is 2.52. The molecule has 40 heteroatoms. The van der Waals surface area contributed by atoms with E-state index < -0.39 is 237 Å². The zero-order chi connectivity index (χ0) is 90.6. The van der Waals surface area contributed by atoms with Crippen LogP contribution in [-0.2, 0) is 70.5 Å². The second-order valence-electron chi connectivity index (χ2n) is 31.2. The number of aliphatic carboxylic acids is 1. The minimum atomic E-state index is -2.40. The van der Waals surface area contributed by atoms with E-state index in [0.29, 0.717) is 15.8 Å². The van der Waals surface area contributed by atoms with E-state index in [9.17, 15) is 65.1 Å². The molecule has 9 unspecified atom stereocenters. The molecule has 0 aromatic heterocycles. The van der Waals surface area contributed by atoms with Crippen molar-refractivity contribution in [1.29, 1.82) is 0 Å². The molecule has 0 radical (unpaired) electrons. The van der Waals surface area contributed by atoms with E-state index in [1.807, 2.05) is 34.7 Å². The molecule has 125 heavy (non-hydrogen) atoms. The Labute approximate surface area is 748 Å². The summed E-state index contributed by atoms with van der Waals surface area (Å²) in [5, 5.41) is 125. The number of benzene rings is 7. The number of fused-ring (bicyclic) bond motifs is 15. The van der Waals surface area contributed by atoms with Gasteiger partial charge < -0.3 is 127 Å². The van der Waals surface area contributed by atoms with Crippen molar-refractivity contribution >= 4 is 122 Å². The van der Waals surface area contributed by atoms with Crippen LogP contribution < -0.4 is 61.9 Å². The molecule has 2 saturated heterocycles. The smallest absolute Gasteiger partial charge is 0.410 e. The van der Waals surface area contributed by atoms with E-state index in [1.54, 1.807) is 58.0 Å². The Morgan fingerprint density at radius 2 is 1.38 bits per heavy atom. The van der Waals surface area contributed by atoms with Crippen LogP contribution in [0.15, 0.2) is 128 Å². The van der Waals surface area contributed by atoms with Gasteiger partial charge in [0.2, 0.25) is 53.4 Å². The van der Waals surface area contributed by atoms with E-state index in [0.717, 1.165) is 82.8 Å². The van der Waals surface area contributed by atoms with Gasteiger partial charge in [-0.3, -0.25) is 38.5 Å². The predicted octanol–water partition coefficient (Wildman–Crippen LogP) is 7.61. The number of rotatable bonds is 21. The van der Waals surface area contributed by atoms with Crippen LogP contribution in [0.2, 0.25) is 20.1 Å². The molecule has 2 fully saturated rings. The fourth-order valence-electron chi connectivity index (χ4n) is 15.1. The first kappa shape index (κ1) is 93.6. The number of halogens is 5. The number of ether oxygens (including phenoxy) is 8. The fraction of sp³-hybridized carbons (Fsp3) is 0.376. The monoisotopic (exact) mass is 1920 g/mol. The van der Waals surface area contributed by atoms with Gasteiger partial charge in [-0.15, -0.1) is 0 Å². The number of primary amides is 1. The number of likely N-dealkylation sites (N-methyl/N-ethyl adjacent to an activating group) is 1. The predicted molar refractivity (Wildman–Crippen MR) is 456 cm³/mol. The number of aromatic hydroxyl groups is 3. The lowest BCUT2D eigenvalue weighted by molar-refractivity contribution is -0.330. The molecule has 0 saturated carbocycles. The molecule has 0 aliphatic carbocycles. The van der Waals surface area contributed by atoms with E-state index in [4.69, 9.17) is 90.0 Å². The topological polar surface area (TPSA) is 523 Å². The van der Waals surface area contributed by atoms with E-state index in [2.05, 4.69) is 43.8 Å². The quantitative estimate of drug-likeness (QED) is 0.0187. The summed E-state index contributed by atoms with van der Waals surface area (Å²) < 4.78 is 51.5. The van der Waals surface area contributed by atoms with Gasteiger partial charge in [-0.25, -0.2) is 9.59 Å². The van der Waals surface area contributed by atoms with Gasteiger partial charge in [0.1, 0.15) is 108 Å². The molecule has 7 aromatic rings. The average molecular weight is 1920 g/mol. The summed E-state index contributed by atoms with van der Waals surface area (Å²) in [5.74, 6) is -16.1. The van der Waals surface area contributed by atoms with Gasteiger partial charge in [-0.2, -0.15) is 0 Å². The molecule has 18 N–H and O–H groups in total. The number of carbonyl (C=O) groups is 9. The maximum absolute atomic E-state index is 16.4. The third-order valence-electron chi connectivity index (χ3n) is 21.7. The molecule has 14 rings (SSSR count). The number of phenolic OH excluding ortho intramolecular Hbond substituents is 3. The third-order valence-corrected chi connectivity index (χ3v) is 23.9. The molecule has 7 aliphatic heterocycles. The summed E-state index contributed by atoms with van der Waals surface area (Å²) in [4.78, 5) is 134. The second kappa shape index (κ2) is 39.5. The summed E-state index contributed by atoms with van der Waals surface area (Å²) in [6.07, 6.45) is -18.0. The van der Waals surface area contributed by atoms with Crippen LogP contribution >= 0.6 is 69.0 Å². The van der Waals surface area contributed by atoms with Crippen LogP contribution in [0.25, 0.3) is 11.1 Å². The summed E-state index contributed by atoms with van der Waals surface area (Å²) in [5.41, 5.74) is 3.17. The summed E-state index contributed by atoms with van der Waals surface area (Å²) in [7, 11) is 1.24. The Morgan fingerprint density at radius 1 is 0.712 bits per heavy atom. The van der Waals surface area contributed by atoms with Crippen molar-refractivity contribution in [2.45, 2.75) is 176 Å². The van der Waals surface area contributed by atoms with Gasteiger partial charge in [0.15, 0.2) is 29.9 Å². The maximum Gasteiger partial charge on any atom is 0.410 e. The van der Waals surface area contributed by atoms with Crippen molar-refractivity contribution in [3.8, 4) is 62.9 Å². The van der Waals surface area contributed by atoms with Crippen molar-refractivity contribution in [2.75, 3.05) is 18.1 Å². The molecule has 8 amide bonds. The number of nitrogens with one attached hydrogen (secondary N) is 7. The number of amides is 8. The first-order valence-electron chi connectivity index (χ1n) is 39.1. The maximum atomic E-state index is 16.4. The normalized spacial score (nSPS) is 25.9. The molecule has 18 atom stereocenters. The lowest BCUT2D eigenvalue weighted by Gasteiger charge is -2.48. The minimum absolute atomic E-state index is 0.00889. The van der Waals surface area contributed by atoms with Gasteiger partial charge in [-0.1, -0.05) is 126 Å². The number of hydrogen-bond donors (Lipinski definition) is 17. The Bertz CT molecular complexity index is 5310. The number of alkyl halides is 1. The highest BCUT2D eigenvalue weighted by molar-refractivity contribution is 14.1. The van der Waals surface area contributed by atoms with Gasteiger partial charge in [0.05, 0.1) is 44.8 Å². The number of phenols is 3. The Balaban J connectivity index is 1.03. The number of nitrogens with zero attached hydrogens (tertiary/aromatic N) is 1. The number of carboxylic acid groups (broad SMARTS) is 1. The molecular weight excluding hydrogens is 1830 g/mol. The number of carboxylic acids is 1. The first-order chi connectivity index (χ1) is 59.2. The van der Waals surface area contributed by atoms with Crippen LogP contribution in [0.4, 0.5) is 4.79 Å². The van der Waals surface area contributed by atoms with Crippen molar-refractivity contribution in [2.24, 2.45) is 11.7 Å². The summed E-state index contributed by atoms with van der Waals surface area (Å²) in [6.45, 7) is 11.8. The van der Waals surface area contributed by atoms with Crippen molar-refractivity contribution in [3.63, 3.8) is 0 Å². The van der Waals surface area contributed by atoms with Crippen molar-refractivity contribution in [3.05, 3.63) is 193 Å². The van der Waals surface area contributed by atoms with Gasteiger partial charge in [0.25, 0.3) is 0 Å². The Kier molecular flexibility index (Phi) is 29.6. The Hall–Kier alpha value is -10.6. The van der Waals surface area contributed by atoms with E-state index >= 15 is 24.0 Å². The zero-order valence-electron chi connectivity index (χ0n) is 67.5. The fourth-order valence-corrected chi connectivity index (χ4v) is 16.7. The SMILES string of the molecule is C=CCOC(=O)N(C)[C@H](CC(C)C)C(=O)N[C@H]1C(=O)N[C@@H](CC(N)=O)C(=O)N[C@H]2C(=O)N[C@H]3C(=O)N[C@H](C(=O)N[C@@H](C(=O)O)c4cc(O)cc(O)c4-c4cc3ccc4O)[C@H](O)c3ccc(c(Cl)c3)Oc3cc2cc(c3OC2OC(CI)C(O)C(O)C2OC2CC(C)(NCc3ccc(OCc4ccc(Cl)c(Cl)c4)cc3)C(O)C(C)O2)Oc2c(C)cc(cc2Cl)[C@H]1O. The van der Waals surface area contributed by atoms with Crippen LogP contribution in [0.5, 0.6) is 51.7 Å². The van der Waals surface area contributed by atoms with Crippen molar-refractivity contribution < 1.29 is 127 Å². The highest BCUT2D eigenvalue weighted by Crippen LogP contribution is 2.51. The molecule has 0 spiro atoms. The summed E-state index contributed by atoms with van der Waals surface area (Å²) >= 11 is 28.8.